The van der Waals surface area contributed by atoms with Crippen molar-refractivity contribution in [3.8, 4) is 17.5 Å². The third-order valence-electron chi connectivity index (χ3n) is 2.77. The molecule has 0 spiro atoms. The maximum absolute atomic E-state index is 8.75. The number of nitriles is 1. The van der Waals surface area contributed by atoms with E-state index in [9.17, 15) is 0 Å². The average molecular weight is 256 g/mol. The Hall–Kier alpha value is -2.19. The van der Waals surface area contributed by atoms with Gasteiger partial charge >= 0.3 is 0 Å². The quantitative estimate of drug-likeness (QED) is 0.890. The van der Waals surface area contributed by atoms with Crippen LogP contribution in [0.2, 0.25) is 0 Å². The molecule has 0 bridgehead atoms. The van der Waals surface area contributed by atoms with Crippen molar-refractivity contribution in [1.82, 2.24) is 15.5 Å². The molecule has 2 aromatic rings. The average Bonchev–Trinajstić information content (AvgIpc) is 2.94. The fourth-order valence-corrected chi connectivity index (χ4v) is 1.66. The zero-order valence-corrected chi connectivity index (χ0v) is 11.1. The normalized spacial score (nSPS) is 12.1. The van der Waals surface area contributed by atoms with Crippen molar-refractivity contribution in [3.05, 3.63) is 35.7 Å². The molecule has 0 fully saturated rings. The summed E-state index contributed by atoms with van der Waals surface area (Å²) in [5.74, 6) is 1.05. The number of aromatic nitrogens is 2. The van der Waals surface area contributed by atoms with Crippen LogP contribution in [0, 0.1) is 11.3 Å². The number of rotatable bonds is 5. The molecule has 0 radical (unpaired) electrons. The van der Waals surface area contributed by atoms with Crippen molar-refractivity contribution in [1.29, 1.82) is 5.26 Å². The minimum Gasteiger partial charge on any atom is -0.419 e. The third kappa shape index (κ3) is 3.18. The summed E-state index contributed by atoms with van der Waals surface area (Å²) in [5.41, 5.74) is 1.43. The summed E-state index contributed by atoms with van der Waals surface area (Å²) in [4.78, 5) is 0. The fourth-order valence-electron chi connectivity index (χ4n) is 1.66. The van der Waals surface area contributed by atoms with Crippen LogP contribution in [0.1, 0.15) is 37.8 Å². The molecule has 1 aromatic carbocycles. The van der Waals surface area contributed by atoms with Gasteiger partial charge in [-0.05, 0) is 44.2 Å². The first kappa shape index (κ1) is 13.2. The molecule has 0 aliphatic rings. The zero-order chi connectivity index (χ0) is 13.7. The van der Waals surface area contributed by atoms with Gasteiger partial charge in [-0.3, -0.25) is 0 Å². The van der Waals surface area contributed by atoms with Gasteiger partial charge in [-0.25, -0.2) is 0 Å². The molecule has 0 aliphatic carbocycles. The van der Waals surface area contributed by atoms with Crippen LogP contribution in [0.3, 0.4) is 0 Å². The Labute approximate surface area is 112 Å². The van der Waals surface area contributed by atoms with Crippen molar-refractivity contribution in [2.75, 3.05) is 6.54 Å². The highest BCUT2D eigenvalue weighted by molar-refractivity contribution is 5.54. The van der Waals surface area contributed by atoms with Crippen LogP contribution >= 0.6 is 0 Å². The predicted molar refractivity (Wildman–Crippen MR) is 71.2 cm³/mol. The number of nitrogens with zero attached hydrogens (tertiary/aromatic N) is 3. The molecule has 0 amide bonds. The second-order valence-corrected chi connectivity index (χ2v) is 4.31. The van der Waals surface area contributed by atoms with Crippen molar-refractivity contribution in [3.63, 3.8) is 0 Å². The first-order chi connectivity index (χ1) is 9.24. The zero-order valence-electron chi connectivity index (χ0n) is 11.1. The molecule has 0 aliphatic heterocycles. The van der Waals surface area contributed by atoms with E-state index in [0.29, 0.717) is 17.3 Å². The molecule has 0 saturated carbocycles. The molecule has 0 saturated heterocycles. The van der Waals surface area contributed by atoms with E-state index in [1.54, 1.807) is 24.3 Å². The van der Waals surface area contributed by atoms with Gasteiger partial charge in [0, 0.05) is 5.56 Å². The van der Waals surface area contributed by atoms with E-state index in [1.807, 2.05) is 6.92 Å². The Morgan fingerprint density at radius 1 is 1.32 bits per heavy atom. The number of benzene rings is 1. The Morgan fingerprint density at radius 2 is 2.05 bits per heavy atom. The monoisotopic (exact) mass is 256 g/mol. The molecule has 1 atom stereocenters. The van der Waals surface area contributed by atoms with Crippen molar-refractivity contribution in [2.24, 2.45) is 0 Å². The van der Waals surface area contributed by atoms with Crippen LogP contribution in [0.25, 0.3) is 11.5 Å². The molecule has 1 N–H and O–H groups in total. The van der Waals surface area contributed by atoms with E-state index in [4.69, 9.17) is 9.68 Å². The molecule has 1 unspecified atom stereocenters. The summed E-state index contributed by atoms with van der Waals surface area (Å²) < 4.78 is 5.63. The highest BCUT2D eigenvalue weighted by Gasteiger charge is 2.14. The number of nitrogens with one attached hydrogen (secondary N) is 1. The van der Waals surface area contributed by atoms with E-state index >= 15 is 0 Å². The van der Waals surface area contributed by atoms with Crippen LogP contribution in [0.4, 0.5) is 0 Å². The topological polar surface area (TPSA) is 74.7 Å². The fraction of sp³-hybridized carbons (Fsp3) is 0.357. The van der Waals surface area contributed by atoms with Crippen LogP contribution in [-0.2, 0) is 0 Å². The van der Waals surface area contributed by atoms with E-state index in [-0.39, 0.29) is 6.04 Å². The predicted octanol–water partition coefficient (Wildman–Crippen LogP) is 2.67. The van der Waals surface area contributed by atoms with Gasteiger partial charge in [0.15, 0.2) is 0 Å². The van der Waals surface area contributed by atoms with E-state index < -0.39 is 0 Å². The minimum absolute atomic E-state index is 0.0413. The summed E-state index contributed by atoms with van der Waals surface area (Å²) in [5, 5.41) is 20.1. The van der Waals surface area contributed by atoms with Crippen LogP contribution in [0.15, 0.2) is 28.7 Å². The van der Waals surface area contributed by atoms with Crippen LogP contribution < -0.4 is 5.32 Å². The highest BCUT2D eigenvalue weighted by Crippen LogP contribution is 2.20. The maximum atomic E-state index is 8.75. The van der Waals surface area contributed by atoms with E-state index in [0.717, 1.165) is 18.5 Å². The molecule has 1 heterocycles. The number of hydrogen-bond acceptors (Lipinski definition) is 5. The largest absolute Gasteiger partial charge is 0.419 e. The molecule has 19 heavy (non-hydrogen) atoms. The first-order valence-electron chi connectivity index (χ1n) is 6.32. The van der Waals surface area contributed by atoms with Gasteiger partial charge in [-0.2, -0.15) is 5.26 Å². The van der Waals surface area contributed by atoms with Gasteiger partial charge in [0.25, 0.3) is 0 Å². The smallest absolute Gasteiger partial charge is 0.247 e. The standard InChI is InChI=1S/C14H16N4O/c1-3-8-16-10(2)13-17-18-14(19-13)12-6-4-11(9-15)5-7-12/h4-7,10,16H,3,8H2,1-2H3. The van der Waals surface area contributed by atoms with Gasteiger partial charge in [0.2, 0.25) is 11.8 Å². The molecule has 5 heteroatoms. The van der Waals surface area contributed by atoms with Gasteiger partial charge < -0.3 is 9.73 Å². The Bertz CT molecular complexity index is 568. The lowest BCUT2D eigenvalue weighted by atomic mass is 10.1. The van der Waals surface area contributed by atoms with E-state index in [2.05, 4.69) is 28.5 Å². The SMILES string of the molecule is CCCNC(C)c1nnc(-c2ccc(C#N)cc2)o1. The third-order valence-corrected chi connectivity index (χ3v) is 2.77. The Balaban J connectivity index is 2.13. The minimum atomic E-state index is 0.0413. The maximum Gasteiger partial charge on any atom is 0.247 e. The number of hydrogen-bond donors (Lipinski definition) is 1. The summed E-state index contributed by atoms with van der Waals surface area (Å²) >= 11 is 0. The molecular formula is C14H16N4O. The highest BCUT2D eigenvalue weighted by atomic mass is 16.4. The lowest BCUT2D eigenvalue weighted by Crippen LogP contribution is -2.19. The summed E-state index contributed by atoms with van der Waals surface area (Å²) in [6.45, 7) is 5.01. The molecule has 98 valence electrons. The van der Waals surface area contributed by atoms with Gasteiger partial charge in [0.1, 0.15) is 0 Å². The van der Waals surface area contributed by atoms with E-state index in [1.165, 1.54) is 0 Å². The van der Waals surface area contributed by atoms with Crippen molar-refractivity contribution < 1.29 is 4.42 Å². The molecule has 2 rings (SSSR count). The van der Waals surface area contributed by atoms with Gasteiger partial charge in [-0.15, -0.1) is 10.2 Å². The summed E-state index contributed by atoms with van der Waals surface area (Å²) in [6, 6.07) is 9.20. The lowest BCUT2D eigenvalue weighted by molar-refractivity contribution is 0.423. The Kier molecular flexibility index (Phi) is 4.26. The van der Waals surface area contributed by atoms with Gasteiger partial charge in [0.05, 0.1) is 17.7 Å². The van der Waals surface area contributed by atoms with Gasteiger partial charge in [-0.1, -0.05) is 6.92 Å². The molecule has 5 nitrogen and oxygen atoms in total. The second kappa shape index (κ2) is 6.12. The molecular weight excluding hydrogens is 240 g/mol. The molecule has 1 aromatic heterocycles. The lowest BCUT2D eigenvalue weighted by Gasteiger charge is -2.07. The van der Waals surface area contributed by atoms with Crippen molar-refractivity contribution >= 4 is 0 Å². The van der Waals surface area contributed by atoms with Crippen molar-refractivity contribution in [2.45, 2.75) is 26.3 Å². The summed E-state index contributed by atoms with van der Waals surface area (Å²) in [6.07, 6.45) is 1.06. The second-order valence-electron chi connectivity index (χ2n) is 4.31. The van der Waals surface area contributed by atoms with Crippen LogP contribution in [0.5, 0.6) is 0 Å². The first-order valence-corrected chi connectivity index (χ1v) is 6.32. The summed E-state index contributed by atoms with van der Waals surface area (Å²) in [7, 11) is 0. The van der Waals surface area contributed by atoms with Crippen LogP contribution in [-0.4, -0.2) is 16.7 Å². The Morgan fingerprint density at radius 3 is 2.68 bits per heavy atom.